The molecule has 0 aliphatic rings. The summed E-state index contributed by atoms with van der Waals surface area (Å²) in [4.78, 5) is 0. The van der Waals surface area contributed by atoms with Crippen LogP contribution in [0.1, 0.15) is 45.7 Å². The van der Waals surface area contributed by atoms with E-state index >= 15 is 0 Å². The van der Waals surface area contributed by atoms with Gasteiger partial charge in [-0.05, 0) is 50.5 Å². The molecule has 0 aliphatic carbocycles. The van der Waals surface area contributed by atoms with Crippen LogP contribution < -0.4 is 5.32 Å². The Balaban J connectivity index is 2.14. The lowest BCUT2D eigenvalue weighted by molar-refractivity contribution is 0.00784. The summed E-state index contributed by atoms with van der Waals surface area (Å²) >= 11 is 0. The third-order valence-corrected chi connectivity index (χ3v) is 4.17. The first-order valence-corrected chi connectivity index (χ1v) is 7.72. The molecule has 2 atom stereocenters. The Kier molecular flexibility index (Phi) is 5.02. The van der Waals surface area contributed by atoms with Crippen molar-refractivity contribution in [2.75, 3.05) is 7.11 Å². The number of fused-ring (bicyclic) bond motifs is 1. The van der Waals surface area contributed by atoms with Gasteiger partial charge in [0.05, 0.1) is 5.60 Å². The molecule has 0 radical (unpaired) electrons. The maximum atomic E-state index is 5.53. The molecule has 21 heavy (non-hydrogen) atoms. The molecule has 114 valence electrons. The van der Waals surface area contributed by atoms with E-state index in [2.05, 4.69) is 75.5 Å². The molecule has 0 saturated heterocycles. The van der Waals surface area contributed by atoms with Crippen LogP contribution in [0.25, 0.3) is 10.8 Å². The molecule has 0 saturated carbocycles. The van der Waals surface area contributed by atoms with Crippen LogP contribution in [0.5, 0.6) is 0 Å². The summed E-state index contributed by atoms with van der Waals surface area (Å²) in [6, 6.07) is 15.8. The van der Waals surface area contributed by atoms with Crippen molar-refractivity contribution in [3.63, 3.8) is 0 Å². The number of hydrogen-bond donors (Lipinski definition) is 1. The second-order valence-corrected chi connectivity index (χ2v) is 6.53. The van der Waals surface area contributed by atoms with Gasteiger partial charge in [-0.3, -0.25) is 0 Å². The molecule has 0 aliphatic heterocycles. The Morgan fingerprint density at radius 2 is 1.71 bits per heavy atom. The zero-order valence-corrected chi connectivity index (χ0v) is 13.8. The lowest BCUT2D eigenvalue weighted by Gasteiger charge is -2.29. The molecule has 1 N–H and O–H groups in total. The van der Waals surface area contributed by atoms with E-state index in [9.17, 15) is 0 Å². The number of methoxy groups -OCH3 is 1. The van der Waals surface area contributed by atoms with Gasteiger partial charge in [0.15, 0.2) is 0 Å². The zero-order chi connectivity index (χ0) is 15.5. The average Bonchev–Trinajstić information content (AvgIpc) is 2.46. The van der Waals surface area contributed by atoms with E-state index in [1.165, 1.54) is 16.3 Å². The topological polar surface area (TPSA) is 21.3 Å². The predicted molar refractivity (Wildman–Crippen MR) is 90.7 cm³/mol. The fourth-order valence-electron chi connectivity index (χ4n) is 3.02. The van der Waals surface area contributed by atoms with Gasteiger partial charge in [0, 0.05) is 19.2 Å². The van der Waals surface area contributed by atoms with Crippen molar-refractivity contribution in [1.29, 1.82) is 0 Å². The highest BCUT2D eigenvalue weighted by Crippen LogP contribution is 2.25. The summed E-state index contributed by atoms with van der Waals surface area (Å²) in [5.41, 5.74) is 1.26. The van der Waals surface area contributed by atoms with Crippen LogP contribution >= 0.6 is 0 Å². The van der Waals surface area contributed by atoms with Gasteiger partial charge in [0.2, 0.25) is 0 Å². The van der Waals surface area contributed by atoms with Gasteiger partial charge in [-0.2, -0.15) is 0 Å². The van der Waals surface area contributed by atoms with E-state index in [4.69, 9.17) is 4.74 Å². The molecular formula is C19H27NO. The zero-order valence-electron chi connectivity index (χ0n) is 13.8. The highest BCUT2D eigenvalue weighted by molar-refractivity contribution is 5.86. The molecule has 2 unspecified atom stereocenters. The van der Waals surface area contributed by atoms with Crippen molar-refractivity contribution >= 4 is 10.8 Å². The molecule has 0 heterocycles. The summed E-state index contributed by atoms with van der Waals surface area (Å²) in [6.07, 6.45) is 0.985. The smallest absolute Gasteiger partial charge is 0.0637 e. The van der Waals surface area contributed by atoms with Gasteiger partial charge in [-0.1, -0.05) is 42.5 Å². The van der Waals surface area contributed by atoms with Crippen LogP contribution in [0.2, 0.25) is 0 Å². The first-order valence-electron chi connectivity index (χ1n) is 7.72. The first kappa shape index (κ1) is 16.0. The molecule has 2 heteroatoms. The number of ether oxygens (including phenoxy) is 1. The van der Waals surface area contributed by atoms with Crippen molar-refractivity contribution in [3.05, 3.63) is 48.0 Å². The lowest BCUT2D eigenvalue weighted by atomic mass is 9.96. The molecule has 0 spiro atoms. The van der Waals surface area contributed by atoms with Crippen LogP contribution in [-0.4, -0.2) is 18.8 Å². The van der Waals surface area contributed by atoms with Crippen molar-refractivity contribution in [3.8, 4) is 0 Å². The molecule has 0 fully saturated rings. The SMILES string of the molecule is COC(C)(C)CC(C)NC(C)c1cccc2ccccc12. The number of hydrogen-bond acceptors (Lipinski definition) is 2. The second kappa shape index (κ2) is 6.59. The van der Waals surface area contributed by atoms with Gasteiger partial charge in [-0.15, -0.1) is 0 Å². The van der Waals surface area contributed by atoms with E-state index in [0.717, 1.165) is 6.42 Å². The summed E-state index contributed by atoms with van der Waals surface area (Å²) in [6.45, 7) is 8.72. The molecule has 2 nitrogen and oxygen atoms in total. The summed E-state index contributed by atoms with van der Waals surface area (Å²) in [5, 5.41) is 6.33. The molecule has 0 aromatic heterocycles. The Morgan fingerprint density at radius 1 is 1.05 bits per heavy atom. The third-order valence-electron chi connectivity index (χ3n) is 4.17. The largest absolute Gasteiger partial charge is 0.379 e. The highest BCUT2D eigenvalue weighted by Gasteiger charge is 2.21. The first-order chi connectivity index (χ1) is 9.93. The highest BCUT2D eigenvalue weighted by atomic mass is 16.5. The quantitative estimate of drug-likeness (QED) is 0.831. The molecule has 0 amide bonds. The van der Waals surface area contributed by atoms with E-state index in [1.54, 1.807) is 7.11 Å². The van der Waals surface area contributed by atoms with Crippen molar-refractivity contribution in [2.24, 2.45) is 0 Å². The third kappa shape index (κ3) is 4.05. The van der Waals surface area contributed by atoms with E-state index in [-0.39, 0.29) is 5.60 Å². The van der Waals surface area contributed by atoms with Crippen LogP contribution in [0.4, 0.5) is 0 Å². The number of nitrogens with one attached hydrogen (secondary N) is 1. The van der Waals surface area contributed by atoms with Crippen molar-refractivity contribution < 1.29 is 4.74 Å². The van der Waals surface area contributed by atoms with Crippen molar-refractivity contribution in [1.82, 2.24) is 5.32 Å². The predicted octanol–water partition coefficient (Wildman–Crippen LogP) is 4.69. The van der Waals surface area contributed by atoms with E-state index in [1.807, 2.05) is 0 Å². The Hall–Kier alpha value is -1.38. The lowest BCUT2D eigenvalue weighted by Crippen LogP contribution is -2.36. The Bertz CT molecular complexity index is 586. The normalized spacial score (nSPS) is 15.1. The number of benzene rings is 2. The summed E-state index contributed by atoms with van der Waals surface area (Å²) < 4.78 is 5.53. The van der Waals surface area contributed by atoms with E-state index in [0.29, 0.717) is 12.1 Å². The van der Waals surface area contributed by atoms with Crippen LogP contribution in [0, 0.1) is 0 Å². The average molecular weight is 285 g/mol. The molecule has 2 aromatic rings. The van der Waals surface area contributed by atoms with Crippen molar-refractivity contribution in [2.45, 2.75) is 51.8 Å². The van der Waals surface area contributed by atoms with Crippen LogP contribution in [0.15, 0.2) is 42.5 Å². The number of rotatable bonds is 6. The van der Waals surface area contributed by atoms with Gasteiger partial charge >= 0.3 is 0 Å². The molecular weight excluding hydrogens is 258 g/mol. The maximum Gasteiger partial charge on any atom is 0.0637 e. The standard InChI is InChI=1S/C19H27NO/c1-14(13-19(3,4)21-5)20-15(2)17-12-8-10-16-9-6-7-11-18(16)17/h6-12,14-15,20H,13H2,1-5H3. The fraction of sp³-hybridized carbons (Fsp3) is 0.474. The molecule has 0 bridgehead atoms. The van der Waals surface area contributed by atoms with Crippen LogP contribution in [-0.2, 0) is 4.74 Å². The van der Waals surface area contributed by atoms with Gasteiger partial charge in [0.1, 0.15) is 0 Å². The minimum atomic E-state index is -0.0924. The van der Waals surface area contributed by atoms with E-state index < -0.39 is 0 Å². The Morgan fingerprint density at radius 3 is 2.43 bits per heavy atom. The van der Waals surface area contributed by atoms with Gasteiger partial charge in [0.25, 0.3) is 0 Å². The molecule has 2 aromatic carbocycles. The maximum absolute atomic E-state index is 5.53. The Labute approximate surface area is 128 Å². The van der Waals surface area contributed by atoms with Crippen LogP contribution in [0.3, 0.4) is 0 Å². The minimum absolute atomic E-state index is 0.0924. The fourth-order valence-corrected chi connectivity index (χ4v) is 3.02. The summed E-state index contributed by atoms with van der Waals surface area (Å²) in [7, 11) is 1.78. The minimum Gasteiger partial charge on any atom is -0.379 e. The second-order valence-electron chi connectivity index (χ2n) is 6.53. The summed E-state index contributed by atoms with van der Waals surface area (Å²) in [5.74, 6) is 0. The van der Waals surface area contributed by atoms with Gasteiger partial charge in [-0.25, -0.2) is 0 Å². The molecule has 2 rings (SSSR count). The van der Waals surface area contributed by atoms with Gasteiger partial charge < -0.3 is 10.1 Å². The monoisotopic (exact) mass is 285 g/mol.